The lowest BCUT2D eigenvalue weighted by molar-refractivity contribution is -0.432. The van der Waals surface area contributed by atoms with Gasteiger partial charge in [0.25, 0.3) is 21.9 Å². The summed E-state index contributed by atoms with van der Waals surface area (Å²) < 4.78 is 40.7. The summed E-state index contributed by atoms with van der Waals surface area (Å²) in [5.41, 5.74) is 1.83. The smallest absolute Gasteiger partial charge is 0.326 e. The van der Waals surface area contributed by atoms with Gasteiger partial charge >= 0.3 is 23.9 Å². The molecule has 6 aromatic rings. The Morgan fingerprint density at radius 3 is 1.30 bits per heavy atom. The number of carboxylic acids is 4. The molecule has 0 bridgehead atoms. The van der Waals surface area contributed by atoms with Crippen LogP contribution in [0.15, 0.2) is 94.7 Å². The van der Waals surface area contributed by atoms with Crippen molar-refractivity contribution in [2.24, 2.45) is 0 Å². The number of benzene rings is 4. The van der Waals surface area contributed by atoms with Crippen molar-refractivity contribution in [2.75, 3.05) is 46.0 Å². The molecule has 396 valence electrons. The Labute approximate surface area is 432 Å². The van der Waals surface area contributed by atoms with Crippen molar-refractivity contribution in [3.8, 4) is 0 Å². The second-order valence-electron chi connectivity index (χ2n) is 15.2. The van der Waals surface area contributed by atoms with Gasteiger partial charge in [0.1, 0.15) is 17.0 Å². The van der Waals surface area contributed by atoms with E-state index in [1.807, 2.05) is 0 Å². The van der Waals surface area contributed by atoms with Gasteiger partial charge in [-0.25, -0.2) is 14.8 Å². The molecule has 32 heteroatoms. The molecule has 2 aromatic heterocycles. The Bertz CT molecular complexity index is 3300. The first kappa shape index (κ1) is 55.7. The number of amides is 2. The van der Waals surface area contributed by atoms with Crippen molar-refractivity contribution in [3.05, 3.63) is 107 Å². The number of carbonyl (C=O) groups is 6. The monoisotopic (exact) mass is 1090 g/mol. The summed E-state index contributed by atoms with van der Waals surface area (Å²) in [4.78, 5) is 95.6. The van der Waals surface area contributed by atoms with E-state index in [-0.39, 0.29) is 63.4 Å². The quantitative estimate of drug-likeness (QED) is 0.0118. The summed E-state index contributed by atoms with van der Waals surface area (Å²) in [7, 11) is -2.08. The van der Waals surface area contributed by atoms with Crippen LogP contribution in [0.2, 0.25) is 0 Å². The summed E-state index contributed by atoms with van der Waals surface area (Å²) in [6, 6.07) is 16.8. The molecular weight excluding hydrogens is 1040 g/mol. The Hall–Kier alpha value is -9.60. The highest BCUT2D eigenvalue weighted by molar-refractivity contribution is 7.94. The molecule has 0 spiro atoms. The van der Waals surface area contributed by atoms with Gasteiger partial charge in [0.15, 0.2) is 0 Å². The fourth-order valence-corrected chi connectivity index (χ4v) is 7.63. The normalized spacial score (nSPS) is 11.9. The van der Waals surface area contributed by atoms with Crippen molar-refractivity contribution in [2.45, 2.75) is 34.7 Å². The number of aromatic nitrogens is 6. The molecule has 0 radical (unpaired) electrons. The van der Waals surface area contributed by atoms with E-state index in [1.165, 1.54) is 105 Å². The van der Waals surface area contributed by atoms with Crippen molar-refractivity contribution in [1.82, 2.24) is 40.5 Å². The summed E-state index contributed by atoms with van der Waals surface area (Å²) in [6.07, 6.45) is 0.979. The highest BCUT2D eigenvalue weighted by Gasteiger charge is 2.25. The summed E-state index contributed by atoms with van der Waals surface area (Å²) in [5.74, 6) is -8.33. The highest BCUT2D eigenvalue weighted by Crippen LogP contribution is 2.32. The molecule has 30 nitrogen and oxygen atoms in total. The fourth-order valence-electron chi connectivity index (χ4n) is 6.41. The molecule has 6 rings (SSSR count). The topological polar surface area (TPSA) is 450 Å². The third-order valence-corrected chi connectivity index (χ3v) is 11.5. The molecule has 0 aliphatic heterocycles. The Kier molecular flexibility index (Phi) is 18.6. The standard InChI is InChI=1S/C44H42N14O16S2/c1-45-35(63)23-7-11-25(12-8-23)47-39-53-41(57-43(55-39)51-29(37(65)66)19-33(59)60)49-27-15-5-21(31(17-27)75-74-73-69)3-4-22-6-16-28(18-32(22)76(70,71)72)50-42-54-40(48-26-13-9-24(10-14-26)36(64)46-2)56-44(58-42)52-30(38(67)68)20-34(61)62/h3-18,29-30,69H,19-20H2,1-2H3,(H,45,63)(H,46,64)(H,59,60)(H,61,62)(H,65,66)(H,67,68)(H,70,71,72)(H3,47,49,51,53,55,57)(H3,48,50,52,54,56,58)/b4-3+. The zero-order valence-electron chi connectivity index (χ0n) is 39.1. The van der Waals surface area contributed by atoms with Crippen molar-refractivity contribution in [1.29, 1.82) is 0 Å². The van der Waals surface area contributed by atoms with Crippen LogP contribution in [0.5, 0.6) is 0 Å². The average molecular weight is 1090 g/mol. The van der Waals surface area contributed by atoms with E-state index >= 15 is 0 Å². The van der Waals surface area contributed by atoms with Crippen LogP contribution < -0.4 is 42.5 Å². The molecule has 14 N–H and O–H groups in total. The van der Waals surface area contributed by atoms with Crippen molar-refractivity contribution in [3.63, 3.8) is 0 Å². The molecule has 0 saturated heterocycles. The van der Waals surface area contributed by atoms with E-state index in [2.05, 4.69) is 77.5 Å². The highest BCUT2D eigenvalue weighted by atomic mass is 32.2. The summed E-state index contributed by atoms with van der Waals surface area (Å²) in [5, 5.41) is 72.1. The largest absolute Gasteiger partial charge is 0.481 e. The second-order valence-corrected chi connectivity index (χ2v) is 17.4. The van der Waals surface area contributed by atoms with Gasteiger partial charge in [-0.05, 0) is 83.9 Å². The third kappa shape index (κ3) is 15.9. The van der Waals surface area contributed by atoms with Crippen molar-refractivity contribution < 1.29 is 76.8 Å². The van der Waals surface area contributed by atoms with Gasteiger partial charge in [0.2, 0.25) is 35.7 Å². The second kappa shape index (κ2) is 25.4. The van der Waals surface area contributed by atoms with Gasteiger partial charge < -0.3 is 63.0 Å². The number of rotatable bonds is 26. The molecule has 0 fully saturated rings. The number of anilines is 10. The third-order valence-electron chi connectivity index (χ3n) is 9.91. The van der Waals surface area contributed by atoms with E-state index in [9.17, 15) is 62.2 Å². The predicted molar refractivity (Wildman–Crippen MR) is 269 cm³/mol. The molecule has 0 saturated carbocycles. The van der Waals surface area contributed by atoms with Crippen molar-refractivity contribution >= 4 is 128 Å². The lowest BCUT2D eigenvalue weighted by Gasteiger charge is -2.15. The molecule has 2 amide bonds. The number of carbonyl (C=O) groups excluding carboxylic acids is 2. The van der Waals surface area contributed by atoms with Crippen LogP contribution in [0.1, 0.15) is 44.7 Å². The zero-order chi connectivity index (χ0) is 55.1. The number of nitrogens with zero attached hydrogens (tertiary/aromatic N) is 6. The fraction of sp³-hybridized carbons (Fsp3) is 0.136. The van der Waals surface area contributed by atoms with Gasteiger partial charge in [-0.1, -0.05) is 29.3 Å². The van der Waals surface area contributed by atoms with Gasteiger partial charge in [0, 0.05) is 52.9 Å². The lowest BCUT2D eigenvalue weighted by atomic mass is 10.1. The number of carboxylic acid groups (broad SMARTS) is 4. The van der Waals surface area contributed by atoms with Gasteiger partial charge in [0.05, 0.1) is 24.9 Å². The minimum absolute atomic E-state index is 0.0300. The Balaban J connectivity index is 1.30. The van der Waals surface area contributed by atoms with Crippen LogP contribution in [-0.2, 0) is 38.7 Å². The van der Waals surface area contributed by atoms with E-state index < -0.39 is 69.8 Å². The molecule has 2 heterocycles. The number of hydrogen-bond acceptors (Lipinski definition) is 24. The Morgan fingerprint density at radius 2 is 0.921 bits per heavy atom. The Morgan fingerprint density at radius 1 is 0.553 bits per heavy atom. The van der Waals surface area contributed by atoms with E-state index in [4.69, 9.17) is 9.59 Å². The maximum absolute atomic E-state index is 12.8. The molecule has 2 atom stereocenters. The minimum atomic E-state index is -4.99. The molecular formula is C44H42N14O16S2. The molecule has 2 unspecified atom stereocenters. The van der Waals surface area contributed by atoms with E-state index in [1.54, 1.807) is 0 Å². The minimum Gasteiger partial charge on any atom is -0.481 e. The predicted octanol–water partition coefficient (Wildman–Crippen LogP) is 4.28. The molecule has 0 aliphatic carbocycles. The van der Waals surface area contributed by atoms with E-state index in [0.29, 0.717) is 40.1 Å². The van der Waals surface area contributed by atoms with Crippen LogP contribution in [0.3, 0.4) is 0 Å². The van der Waals surface area contributed by atoms with Gasteiger partial charge in [-0.15, -0.1) is 4.33 Å². The first-order chi connectivity index (χ1) is 36.2. The lowest BCUT2D eigenvalue weighted by Crippen LogP contribution is -2.32. The van der Waals surface area contributed by atoms with E-state index in [0.717, 1.165) is 6.07 Å². The number of nitrogens with one attached hydrogen (secondary N) is 8. The molecule has 4 aromatic carbocycles. The first-order valence-electron chi connectivity index (χ1n) is 21.5. The summed E-state index contributed by atoms with van der Waals surface area (Å²) in [6.45, 7) is 0. The van der Waals surface area contributed by atoms with Gasteiger partial charge in [-0.2, -0.15) is 38.3 Å². The van der Waals surface area contributed by atoms with Gasteiger partial charge in [-0.3, -0.25) is 23.7 Å². The maximum atomic E-state index is 12.8. The van der Waals surface area contributed by atoms with Crippen LogP contribution in [0, 0.1) is 0 Å². The van der Waals surface area contributed by atoms with Crippen LogP contribution in [0.25, 0.3) is 12.2 Å². The first-order valence-corrected chi connectivity index (χ1v) is 23.6. The molecule has 0 aliphatic rings. The average Bonchev–Trinajstić information content (AvgIpc) is 3.37. The number of aliphatic carboxylic acids is 4. The summed E-state index contributed by atoms with van der Waals surface area (Å²) >= 11 is 0.488. The zero-order valence-corrected chi connectivity index (χ0v) is 40.7. The van der Waals surface area contributed by atoms with Crippen LogP contribution >= 0.6 is 12.0 Å². The van der Waals surface area contributed by atoms with Crippen LogP contribution in [-0.4, -0.2) is 130 Å². The molecule has 76 heavy (non-hydrogen) atoms. The van der Waals surface area contributed by atoms with Crippen LogP contribution in [0.4, 0.5) is 58.4 Å². The number of hydrogen-bond donors (Lipinski definition) is 14. The maximum Gasteiger partial charge on any atom is 0.326 e. The SMILES string of the molecule is CNC(=O)c1ccc(Nc2nc(Nc3ccc(/C=C/c4ccc(Nc5nc(Nc6ccc(C(=O)NC)cc6)nc(NC(CC(=O)O)C(=O)O)n5)cc4S(=O)(=O)O)c(SOOO)c3)nc(NC(CC(=O)O)C(=O)O)n2)cc1.